The van der Waals surface area contributed by atoms with Crippen molar-refractivity contribution in [2.24, 2.45) is 7.05 Å². The highest BCUT2D eigenvalue weighted by Gasteiger charge is 2.23. The van der Waals surface area contributed by atoms with Crippen LogP contribution in [-0.2, 0) is 17.1 Å². The lowest BCUT2D eigenvalue weighted by atomic mass is 10.2. The topological polar surface area (TPSA) is 87.8 Å². The third-order valence-corrected chi connectivity index (χ3v) is 4.23. The highest BCUT2D eigenvalue weighted by molar-refractivity contribution is 7.92. The lowest BCUT2D eigenvalue weighted by molar-refractivity contribution is 0.598. The molecule has 1 N–H and O–H groups in total. The van der Waals surface area contributed by atoms with Gasteiger partial charge in [0.15, 0.2) is 0 Å². The van der Waals surface area contributed by atoms with E-state index in [1.807, 2.05) is 6.07 Å². The van der Waals surface area contributed by atoms with Crippen molar-refractivity contribution < 1.29 is 8.42 Å². The molecule has 2 aromatic rings. The first-order valence-electron chi connectivity index (χ1n) is 5.14. The number of para-hydroxylation sites is 1. The number of nitrogens with one attached hydrogen (secondary N) is 1. The van der Waals surface area contributed by atoms with Gasteiger partial charge in [0.1, 0.15) is 11.2 Å². The zero-order valence-electron chi connectivity index (χ0n) is 9.83. The van der Waals surface area contributed by atoms with E-state index >= 15 is 0 Å². The van der Waals surface area contributed by atoms with Crippen LogP contribution in [0, 0.1) is 11.3 Å². The first-order valence-corrected chi connectivity index (χ1v) is 7.00. The van der Waals surface area contributed by atoms with Crippen LogP contribution in [0.25, 0.3) is 0 Å². The van der Waals surface area contributed by atoms with Gasteiger partial charge in [-0.25, -0.2) is 4.98 Å². The molecule has 0 spiro atoms. The summed E-state index contributed by atoms with van der Waals surface area (Å²) in [5.41, 5.74) is 0.407. The van der Waals surface area contributed by atoms with Crippen LogP contribution in [-0.4, -0.2) is 18.0 Å². The Balaban J connectivity index is 2.43. The van der Waals surface area contributed by atoms with Gasteiger partial charge in [0.2, 0.25) is 5.03 Å². The minimum absolute atomic E-state index is 0.00180. The molecule has 98 valence electrons. The van der Waals surface area contributed by atoms with Gasteiger partial charge in [-0.2, -0.15) is 13.7 Å². The minimum Gasteiger partial charge on any atom is -0.324 e. The summed E-state index contributed by atoms with van der Waals surface area (Å²) >= 11 is 5.85. The summed E-state index contributed by atoms with van der Waals surface area (Å²) in [6.45, 7) is 0. The minimum atomic E-state index is -3.92. The molecule has 0 saturated heterocycles. The van der Waals surface area contributed by atoms with Gasteiger partial charge >= 0.3 is 0 Å². The fraction of sp³-hybridized carbons (Fsp3) is 0.0909. The number of imidazole rings is 1. The number of anilines is 1. The van der Waals surface area contributed by atoms with E-state index in [1.54, 1.807) is 19.2 Å². The molecule has 1 aromatic heterocycles. The molecule has 0 aliphatic rings. The van der Waals surface area contributed by atoms with Crippen LogP contribution in [0.3, 0.4) is 0 Å². The van der Waals surface area contributed by atoms with Crippen LogP contribution in [0.4, 0.5) is 5.69 Å². The zero-order chi connectivity index (χ0) is 14.0. The molecule has 0 fully saturated rings. The van der Waals surface area contributed by atoms with Gasteiger partial charge in [-0.05, 0) is 12.1 Å². The molecule has 2 rings (SSSR count). The quantitative estimate of drug-likeness (QED) is 0.934. The van der Waals surface area contributed by atoms with Crippen molar-refractivity contribution in [3.8, 4) is 6.07 Å². The number of halogens is 1. The predicted octanol–water partition coefficient (Wildman–Crippen LogP) is 1.75. The van der Waals surface area contributed by atoms with Crippen molar-refractivity contribution in [2.45, 2.75) is 5.03 Å². The lowest BCUT2D eigenvalue weighted by Gasteiger charge is -2.07. The smallest absolute Gasteiger partial charge is 0.282 e. The second-order valence-corrected chi connectivity index (χ2v) is 5.67. The summed E-state index contributed by atoms with van der Waals surface area (Å²) in [4.78, 5) is 3.74. The summed E-state index contributed by atoms with van der Waals surface area (Å²) in [5, 5.41) is 8.64. The molecule has 0 aliphatic heterocycles. The van der Waals surface area contributed by atoms with Crippen molar-refractivity contribution in [3.05, 3.63) is 41.3 Å². The molecule has 19 heavy (non-hydrogen) atoms. The van der Waals surface area contributed by atoms with Gasteiger partial charge < -0.3 is 4.57 Å². The van der Waals surface area contributed by atoms with E-state index in [1.165, 1.54) is 23.0 Å². The Labute approximate surface area is 115 Å². The molecule has 0 aliphatic carbocycles. The third-order valence-electron chi connectivity index (χ3n) is 2.38. The Morgan fingerprint density at radius 1 is 1.42 bits per heavy atom. The summed E-state index contributed by atoms with van der Waals surface area (Å²) in [6.07, 6.45) is 1.30. The number of nitriles is 1. The van der Waals surface area contributed by atoms with Gasteiger partial charge in [-0.15, -0.1) is 0 Å². The van der Waals surface area contributed by atoms with E-state index in [4.69, 9.17) is 16.9 Å². The van der Waals surface area contributed by atoms with Crippen LogP contribution in [0.2, 0.25) is 5.15 Å². The van der Waals surface area contributed by atoms with Gasteiger partial charge in [-0.1, -0.05) is 23.7 Å². The van der Waals surface area contributed by atoms with Crippen LogP contribution in [0.5, 0.6) is 0 Å². The fourth-order valence-electron chi connectivity index (χ4n) is 1.44. The lowest BCUT2D eigenvalue weighted by Crippen LogP contribution is -2.14. The van der Waals surface area contributed by atoms with Gasteiger partial charge in [0.05, 0.1) is 17.6 Å². The normalized spacial score (nSPS) is 11.0. The average molecular weight is 297 g/mol. The molecule has 1 heterocycles. The van der Waals surface area contributed by atoms with Gasteiger partial charge in [0.25, 0.3) is 10.0 Å². The molecule has 0 unspecified atom stereocenters. The van der Waals surface area contributed by atoms with Crippen molar-refractivity contribution in [1.29, 1.82) is 5.26 Å². The number of nitrogens with zero attached hydrogens (tertiary/aromatic N) is 3. The summed E-state index contributed by atoms with van der Waals surface area (Å²) in [5.74, 6) is 0. The second kappa shape index (κ2) is 4.91. The highest BCUT2D eigenvalue weighted by atomic mass is 35.5. The molecule has 0 radical (unpaired) electrons. The number of hydrogen-bond donors (Lipinski definition) is 1. The van der Waals surface area contributed by atoms with Crippen molar-refractivity contribution in [1.82, 2.24) is 9.55 Å². The first kappa shape index (κ1) is 13.4. The monoisotopic (exact) mass is 296 g/mol. The van der Waals surface area contributed by atoms with E-state index in [0.717, 1.165) is 0 Å². The van der Waals surface area contributed by atoms with E-state index in [-0.39, 0.29) is 21.4 Å². The van der Waals surface area contributed by atoms with Gasteiger partial charge in [0, 0.05) is 7.05 Å². The van der Waals surface area contributed by atoms with Crippen LogP contribution in [0.1, 0.15) is 5.56 Å². The Bertz CT molecular complexity index is 761. The Morgan fingerprint density at radius 2 is 2.11 bits per heavy atom. The molecular weight excluding hydrogens is 288 g/mol. The Kier molecular flexibility index (Phi) is 3.46. The molecule has 0 bridgehead atoms. The van der Waals surface area contributed by atoms with Crippen molar-refractivity contribution in [3.63, 3.8) is 0 Å². The number of sulfonamides is 1. The number of aromatic nitrogens is 2. The molecule has 0 amide bonds. The molecule has 0 saturated carbocycles. The van der Waals surface area contributed by atoms with Crippen LogP contribution in [0.15, 0.2) is 35.6 Å². The molecule has 6 nitrogen and oxygen atoms in total. The molecule has 0 atom stereocenters. The third kappa shape index (κ3) is 2.54. The maximum Gasteiger partial charge on any atom is 0.282 e. The Morgan fingerprint density at radius 3 is 2.68 bits per heavy atom. The van der Waals surface area contributed by atoms with E-state index in [2.05, 4.69) is 9.71 Å². The van der Waals surface area contributed by atoms with Crippen molar-refractivity contribution in [2.75, 3.05) is 4.72 Å². The summed E-state index contributed by atoms with van der Waals surface area (Å²) in [7, 11) is -2.34. The summed E-state index contributed by atoms with van der Waals surface area (Å²) < 4.78 is 27.9. The molecule has 1 aromatic carbocycles. The fourth-order valence-corrected chi connectivity index (χ4v) is 2.95. The average Bonchev–Trinajstić information content (AvgIpc) is 2.71. The first-order chi connectivity index (χ1) is 8.95. The van der Waals surface area contributed by atoms with E-state index in [0.29, 0.717) is 0 Å². The van der Waals surface area contributed by atoms with Gasteiger partial charge in [-0.3, -0.25) is 4.72 Å². The summed E-state index contributed by atoms with van der Waals surface area (Å²) in [6, 6.07) is 8.18. The van der Waals surface area contributed by atoms with Crippen LogP contribution >= 0.6 is 11.6 Å². The predicted molar refractivity (Wildman–Crippen MR) is 70.2 cm³/mol. The number of aryl methyl sites for hydroxylation is 1. The molecule has 8 heteroatoms. The highest BCUT2D eigenvalue weighted by Crippen LogP contribution is 2.23. The number of rotatable bonds is 3. The zero-order valence-corrected chi connectivity index (χ0v) is 11.4. The van der Waals surface area contributed by atoms with E-state index < -0.39 is 10.0 Å². The second-order valence-electron chi connectivity index (χ2n) is 3.71. The number of benzene rings is 1. The van der Waals surface area contributed by atoms with Crippen molar-refractivity contribution >= 4 is 27.3 Å². The largest absolute Gasteiger partial charge is 0.324 e. The maximum absolute atomic E-state index is 12.1. The maximum atomic E-state index is 12.1. The standard InChI is InChI=1S/C11H9ClN4O2S/c1-16-7-14-11(10(16)12)19(17,18)15-9-5-3-2-4-8(9)6-13/h2-5,7,15H,1H3. The Hall–Kier alpha value is -2.04. The molecular formula is C11H9ClN4O2S. The van der Waals surface area contributed by atoms with E-state index in [9.17, 15) is 8.42 Å². The number of hydrogen-bond acceptors (Lipinski definition) is 4. The SMILES string of the molecule is Cn1cnc(S(=O)(=O)Nc2ccccc2C#N)c1Cl. The van der Waals surface area contributed by atoms with Crippen LogP contribution < -0.4 is 4.72 Å².